The lowest BCUT2D eigenvalue weighted by Crippen LogP contribution is -2.36. The fourth-order valence-corrected chi connectivity index (χ4v) is 5.90. The minimum Gasteiger partial charge on any atom is -0.342 e. The molecule has 1 aliphatic carbocycles. The molecule has 4 unspecified atom stereocenters. The van der Waals surface area contributed by atoms with E-state index in [1.165, 1.54) is 16.7 Å². The van der Waals surface area contributed by atoms with Gasteiger partial charge in [0.15, 0.2) is 0 Å². The molecule has 1 saturated carbocycles. The number of nitrogens with one attached hydrogen (secondary N) is 1. The first-order valence-electron chi connectivity index (χ1n) is 10.9. The molecule has 4 rings (SSSR count). The van der Waals surface area contributed by atoms with Crippen LogP contribution in [0.4, 0.5) is 0 Å². The molecule has 2 fully saturated rings. The fraction of sp³-hybridized carbons (Fsp3) is 0.480. The van der Waals surface area contributed by atoms with E-state index >= 15 is 0 Å². The summed E-state index contributed by atoms with van der Waals surface area (Å²) in [6.45, 7) is 6.00. The molecule has 0 spiro atoms. The molecule has 1 N–H and O–H groups in total. The second-order valence-corrected chi connectivity index (χ2v) is 10.4. The van der Waals surface area contributed by atoms with Gasteiger partial charge in [0.05, 0.1) is 16.9 Å². The van der Waals surface area contributed by atoms with Gasteiger partial charge in [-0.2, -0.15) is 0 Å². The number of hydrogen-bond acceptors (Lipinski definition) is 2. The highest BCUT2D eigenvalue weighted by Gasteiger charge is 2.63. The highest BCUT2D eigenvalue weighted by atomic mass is 32.2. The van der Waals surface area contributed by atoms with Crippen LogP contribution in [0.15, 0.2) is 54.6 Å². The van der Waals surface area contributed by atoms with Gasteiger partial charge in [-0.25, -0.2) is 8.93 Å². The van der Waals surface area contributed by atoms with Crippen LogP contribution in [0.1, 0.15) is 44.6 Å². The smallest absolute Gasteiger partial charge is 0.226 e. The third-order valence-corrected chi connectivity index (χ3v) is 7.51. The Bertz CT molecular complexity index is 928. The van der Waals surface area contributed by atoms with Crippen LogP contribution in [0.5, 0.6) is 0 Å². The van der Waals surface area contributed by atoms with Crippen LogP contribution in [0.3, 0.4) is 0 Å². The first-order chi connectivity index (χ1) is 14.4. The largest absolute Gasteiger partial charge is 0.342 e. The van der Waals surface area contributed by atoms with E-state index in [1.54, 1.807) is 6.26 Å². The predicted octanol–water partition coefficient (Wildman–Crippen LogP) is 4.36. The monoisotopic (exact) mass is 424 g/mol. The normalized spacial score (nSPS) is 26.6. The summed E-state index contributed by atoms with van der Waals surface area (Å²) in [6.07, 6.45) is 4.47. The Balaban J connectivity index is 1.53. The summed E-state index contributed by atoms with van der Waals surface area (Å²) < 4.78 is 14.6. The lowest BCUT2D eigenvalue weighted by molar-refractivity contribution is -0.133. The van der Waals surface area contributed by atoms with E-state index in [9.17, 15) is 9.00 Å². The van der Waals surface area contributed by atoms with Gasteiger partial charge in [0.1, 0.15) is 0 Å². The van der Waals surface area contributed by atoms with Crippen LogP contribution in [-0.4, -0.2) is 40.4 Å². The summed E-state index contributed by atoms with van der Waals surface area (Å²) in [4.78, 5) is 15.6. The van der Waals surface area contributed by atoms with Crippen LogP contribution in [0, 0.1) is 11.3 Å². The molecule has 0 radical (unpaired) electrons. The zero-order valence-electron chi connectivity index (χ0n) is 18.1. The van der Waals surface area contributed by atoms with Gasteiger partial charge in [-0.3, -0.25) is 4.79 Å². The molecular weight excluding hydrogens is 392 g/mol. The van der Waals surface area contributed by atoms with E-state index in [0.29, 0.717) is 0 Å². The average molecular weight is 425 g/mol. The van der Waals surface area contributed by atoms with Crippen LogP contribution in [0.2, 0.25) is 0 Å². The summed E-state index contributed by atoms with van der Waals surface area (Å²) >= 11 is 0. The zero-order valence-corrected chi connectivity index (χ0v) is 19.0. The molecule has 4 atom stereocenters. The number of carbonyl (C=O) groups is 1. The van der Waals surface area contributed by atoms with Crippen molar-refractivity contribution in [3.05, 3.63) is 60.2 Å². The van der Waals surface area contributed by atoms with Crippen molar-refractivity contribution in [1.29, 1.82) is 0 Å². The van der Waals surface area contributed by atoms with Crippen molar-refractivity contribution in [2.75, 3.05) is 19.3 Å². The van der Waals surface area contributed by atoms with Gasteiger partial charge < -0.3 is 4.90 Å². The molecule has 1 saturated heterocycles. The summed E-state index contributed by atoms with van der Waals surface area (Å²) in [6, 6.07) is 19.2. The Morgan fingerprint density at radius 1 is 1.03 bits per heavy atom. The second kappa shape index (κ2) is 8.64. The maximum absolute atomic E-state index is 13.5. The van der Waals surface area contributed by atoms with Crippen LogP contribution in [0.25, 0.3) is 11.1 Å². The lowest BCUT2D eigenvalue weighted by atomic mass is 9.93. The number of benzene rings is 2. The quantitative estimate of drug-likeness (QED) is 0.775. The van der Waals surface area contributed by atoms with E-state index in [2.05, 4.69) is 72.0 Å². The Hall–Kier alpha value is -1.98. The van der Waals surface area contributed by atoms with Gasteiger partial charge in [-0.1, -0.05) is 68.4 Å². The Labute approximate surface area is 182 Å². The van der Waals surface area contributed by atoms with Crippen molar-refractivity contribution in [2.24, 2.45) is 11.3 Å². The van der Waals surface area contributed by atoms with E-state index in [0.717, 1.165) is 32.4 Å². The second-order valence-electron chi connectivity index (χ2n) is 9.26. The van der Waals surface area contributed by atoms with Crippen LogP contribution < -0.4 is 4.72 Å². The van der Waals surface area contributed by atoms with Crippen molar-refractivity contribution in [3.8, 4) is 11.1 Å². The lowest BCUT2D eigenvalue weighted by Gasteiger charge is -2.21. The minimum absolute atomic E-state index is 0.0205. The van der Waals surface area contributed by atoms with E-state index < -0.39 is 11.0 Å². The molecular formula is C25H32N2O2S. The number of rotatable bonds is 5. The average Bonchev–Trinajstić information content (AvgIpc) is 3.38. The third kappa shape index (κ3) is 4.23. The van der Waals surface area contributed by atoms with Gasteiger partial charge >= 0.3 is 0 Å². The molecule has 2 aromatic rings. The van der Waals surface area contributed by atoms with Gasteiger partial charge in [-0.15, -0.1) is 0 Å². The van der Waals surface area contributed by atoms with Crippen LogP contribution in [-0.2, 0) is 15.8 Å². The van der Waals surface area contributed by atoms with Gasteiger partial charge in [-0.05, 0) is 41.4 Å². The van der Waals surface area contributed by atoms with Gasteiger partial charge in [0, 0.05) is 31.3 Å². The van der Waals surface area contributed by atoms with Crippen molar-refractivity contribution >= 4 is 16.9 Å². The molecule has 1 amide bonds. The Kier molecular flexibility index (Phi) is 6.12. The summed E-state index contributed by atoms with van der Waals surface area (Å²) in [5.41, 5.74) is 3.68. The zero-order chi connectivity index (χ0) is 21.3. The molecule has 5 heteroatoms. The SMILES string of the molecule is CS(=O)NC1CCCN(C(=O)C2C(c3ccccc3-c3ccccc3)C2(C)C)CC1. The van der Waals surface area contributed by atoms with E-state index in [-0.39, 0.29) is 29.2 Å². The van der Waals surface area contributed by atoms with Gasteiger partial charge in [0.2, 0.25) is 5.91 Å². The minimum atomic E-state index is -1.01. The molecule has 30 heavy (non-hydrogen) atoms. The number of hydrogen-bond donors (Lipinski definition) is 1. The van der Waals surface area contributed by atoms with Gasteiger partial charge in [0.25, 0.3) is 0 Å². The molecule has 0 bridgehead atoms. The molecule has 2 aliphatic rings. The Morgan fingerprint density at radius 2 is 1.73 bits per heavy atom. The highest BCUT2D eigenvalue weighted by Crippen LogP contribution is 2.66. The first kappa shape index (κ1) is 21.3. The topological polar surface area (TPSA) is 49.4 Å². The number of nitrogens with zero attached hydrogens (tertiary/aromatic N) is 1. The maximum atomic E-state index is 13.5. The van der Waals surface area contributed by atoms with Crippen molar-refractivity contribution < 1.29 is 9.00 Å². The maximum Gasteiger partial charge on any atom is 0.226 e. The highest BCUT2D eigenvalue weighted by molar-refractivity contribution is 7.82. The molecule has 4 nitrogen and oxygen atoms in total. The third-order valence-electron chi connectivity index (χ3n) is 6.85. The number of amides is 1. The van der Waals surface area contributed by atoms with E-state index in [4.69, 9.17) is 0 Å². The molecule has 0 aromatic heterocycles. The summed E-state index contributed by atoms with van der Waals surface area (Å²) in [5, 5.41) is 0. The fourth-order valence-electron chi connectivity index (χ4n) is 5.19. The number of carbonyl (C=O) groups excluding carboxylic acids is 1. The first-order valence-corrected chi connectivity index (χ1v) is 12.5. The standard InChI is InChI=1S/C25H32N2O2S/c1-25(2)22(21-14-8-7-13-20(21)18-10-5-4-6-11-18)23(25)24(28)27-16-9-12-19(15-17-27)26-30(3)29/h4-8,10-11,13-14,19,22-23,26H,9,12,15-17H2,1-3H3. The van der Waals surface area contributed by atoms with Crippen molar-refractivity contribution in [1.82, 2.24) is 9.62 Å². The summed E-state index contributed by atoms with van der Waals surface area (Å²) in [5.74, 6) is 0.542. The van der Waals surface area contributed by atoms with E-state index in [1.807, 2.05) is 6.07 Å². The molecule has 2 aromatic carbocycles. The Morgan fingerprint density at radius 3 is 2.47 bits per heavy atom. The summed E-state index contributed by atoms with van der Waals surface area (Å²) in [7, 11) is -1.01. The molecule has 160 valence electrons. The van der Waals surface area contributed by atoms with Crippen LogP contribution >= 0.6 is 0 Å². The van der Waals surface area contributed by atoms with Crippen molar-refractivity contribution in [3.63, 3.8) is 0 Å². The predicted molar refractivity (Wildman–Crippen MR) is 123 cm³/mol. The molecule has 1 aliphatic heterocycles. The number of likely N-dealkylation sites (tertiary alicyclic amines) is 1. The molecule has 1 heterocycles. The van der Waals surface area contributed by atoms with Crippen molar-refractivity contribution in [2.45, 2.75) is 45.1 Å².